The Bertz CT molecular complexity index is 457. The Kier molecular flexibility index (Phi) is 2.63. The van der Waals surface area contributed by atoms with Crippen molar-refractivity contribution in [3.63, 3.8) is 0 Å². The number of benzene rings is 1. The van der Waals surface area contributed by atoms with E-state index < -0.39 is 6.10 Å². The number of thiazole rings is 1. The molecular weight excluding hydrogens is 220 g/mol. The summed E-state index contributed by atoms with van der Waals surface area (Å²) in [5.74, 6) is 0. The summed E-state index contributed by atoms with van der Waals surface area (Å²) in [7, 11) is 0. The van der Waals surface area contributed by atoms with E-state index in [0.717, 1.165) is 34.6 Å². The van der Waals surface area contributed by atoms with Gasteiger partial charge in [0.2, 0.25) is 0 Å². The van der Waals surface area contributed by atoms with Crippen LogP contribution in [-0.2, 0) is 0 Å². The zero-order valence-corrected chi connectivity index (χ0v) is 9.70. The number of nitrogens with zero attached hydrogens (tertiary/aromatic N) is 1. The number of aromatic nitrogens is 1. The van der Waals surface area contributed by atoms with Gasteiger partial charge in [-0.15, -0.1) is 11.3 Å². The van der Waals surface area contributed by atoms with E-state index in [-0.39, 0.29) is 6.04 Å². The molecule has 0 spiro atoms. The Hall–Kier alpha value is -0.970. The average molecular weight is 234 g/mol. The number of hydrogen-bond acceptors (Lipinski definition) is 4. The van der Waals surface area contributed by atoms with Gasteiger partial charge in [-0.3, -0.25) is 0 Å². The summed E-state index contributed by atoms with van der Waals surface area (Å²) < 4.78 is 1.15. The fourth-order valence-corrected chi connectivity index (χ4v) is 3.19. The first-order chi connectivity index (χ1) is 7.84. The first-order valence-corrected chi connectivity index (χ1v) is 6.43. The lowest BCUT2D eigenvalue weighted by Crippen LogP contribution is -2.28. The lowest BCUT2D eigenvalue weighted by Gasteiger charge is -2.15. The predicted octanol–water partition coefficient (Wildman–Crippen LogP) is 2.08. The zero-order valence-electron chi connectivity index (χ0n) is 8.89. The average Bonchev–Trinajstić information content (AvgIpc) is 2.97. The van der Waals surface area contributed by atoms with Gasteiger partial charge in [0.25, 0.3) is 0 Å². The molecule has 0 amide bonds. The number of hydrogen-bond donors (Lipinski definition) is 2. The van der Waals surface area contributed by atoms with Gasteiger partial charge in [-0.25, -0.2) is 4.98 Å². The van der Waals surface area contributed by atoms with Crippen LogP contribution in [0.25, 0.3) is 10.2 Å². The molecule has 4 heteroatoms. The second kappa shape index (κ2) is 4.13. The number of nitrogens with one attached hydrogen (secondary N) is 1. The highest BCUT2D eigenvalue weighted by Crippen LogP contribution is 2.30. The molecule has 0 aliphatic carbocycles. The molecule has 2 aromatic rings. The largest absolute Gasteiger partial charge is 0.384 e. The predicted molar refractivity (Wildman–Crippen MR) is 65.6 cm³/mol. The number of aliphatic hydroxyl groups excluding tert-OH is 1. The van der Waals surface area contributed by atoms with Crippen molar-refractivity contribution >= 4 is 21.6 Å². The van der Waals surface area contributed by atoms with Crippen molar-refractivity contribution < 1.29 is 5.11 Å². The van der Waals surface area contributed by atoms with Gasteiger partial charge in [0.05, 0.1) is 10.2 Å². The molecular formula is C12H14N2OS. The molecule has 2 atom stereocenters. The molecule has 3 nitrogen and oxygen atoms in total. The van der Waals surface area contributed by atoms with Gasteiger partial charge >= 0.3 is 0 Å². The third-order valence-corrected chi connectivity index (χ3v) is 4.15. The summed E-state index contributed by atoms with van der Waals surface area (Å²) in [4.78, 5) is 4.49. The van der Waals surface area contributed by atoms with E-state index in [0.29, 0.717) is 0 Å². The summed E-state index contributed by atoms with van der Waals surface area (Å²) in [6, 6.07) is 8.20. The molecule has 0 saturated carbocycles. The minimum atomic E-state index is -0.458. The van der Waals surface area contributed by atoms with Crippen LogP contribution in [0.2, 0.25) is 0 Å². The zero-order chi connectivity index (χ0) is 11.0. The Balaban J connectivity index is 1.92. The van der Waals surface area contributed by atoms with E-state index in [1.54, 1.807) is 11.3 Å². The Morgan fingerprint density at radius 1 is 1.44 bits per heavy atom. The second-order valence-electron chi connectivity index (χ2n) is 4.17. The van der Waals surface area contributed by atoms with Gasteiger partial charge in [0.1, 0.15) is 11.1 Å². The molecule has 84 valence electrons. The fraction of sp³-hybridized carbons (Fsp3) is 0.417. The lowest BCUT2D eigenvalue weighted by molar-refractivity contribution is 0.137. The molecule has 1 aliphatic heterocycles. The monoisotopic (exact) mass is 234 g/mol. The van der Waals surface area contributed by atoms with E-state index in [1.165, 1.54) is 0 Å². The van der Waals surface area contributed by atoms with Gasteiger partial charge in [-0.1, -0.05) is 12.1 Å². The van der Waals surface area contributed by atoms with E-state index in [9.17, 15) is 5.11 Å². The Morgan fingerprint density at radius 3 is 3.06 bits per heavy atom. The molecule has 2 heterocycles. The minimum absolute atomic E-state index is 0.181. The van der Waals surface area contributed by atoms with Crippen LogP contribution in [0.3, 0.4) is 0 Å². The summed E-state index contributed by atoms with van der Waals surface area (Å²) in [6.45, 7) is 1.01. The maximum Gasteiger partial charge on any atom is 0.124 e. The molecule has 16 heavy (non-hydrogen) atoms. The maximum absolute atomic E-state index is 10.2. The minimum Gasteiger partial charge on any atom is -0.384 e. The Labute approximate surface area is 98.1 Å². The normalized spacial score (nSPS) is 22.7. The van der Waals surface area contributed by atoms with Crippen molar-refractivity contribution in [3.05, 3.63) is 29.3 Å². The molecule has 2 N–H and O–H groups in total. The van der Waals surface area contributed by atoms with Crippen LogP contribution in [0.15, 0.2) is 24.3 Å². The third-order valence-electron chi connectivity index (χ3n) is 3.04. The van der Waals surface area contributed by atoms with E-state index >= 15 is 0 Å². The number of para-hydroxylation sites is 1. The first kappa shape index (κ1) is 10.2. The van der Waals surface area contributed by atoms with E-state index in [1.807, 2.05) is 24.3 Å². The Morgan fingerprint density at radius 2 is 2.31 bits per heavy atom. The topological polar surface area (TPSA) is 45.2 Å². The van der Waals surface area contributed by atoms with Crippen LogP contribution >= 0.6 is 11.3 Å². The van der Waals surface area contributed by atoms with Gasteiger partial charge < -0.3 is 10.4 Å². The van der Waals surface area contributed by atoms with Crippen molar-refractivity contribution in [2.45, 2.75) is 25.0 Å². The molecule has 1 fully saturated rings. The van der Waals surface area contributed by atoms with E-state index in [2.05, 4.69) is 10.3 Å². The fourth-order valence-electron chi connectivity index (χ4n) is 2.17. The van der Waals surface area contributed by atoms with Crippen molar-refractivity contribution in [1.29, 1.82) is 0 Å². The maximum atomic E-state index is 10.2. The summed E-state index contributed by atoms with van der Waals surface area (Å²) >= 11 is 1.59. The first-order valence-electron chi connectivity index (χ1n) is 5.61. The van der Waals surface area contributed by atoms with Crippen molar-refractivity contribution in [3.8, 4) is 0 Å². The van der Waals surface area contributed by atoms with Gasteiger partial charge in [-0.05, 0) is 31.5 Å². The third kappa shape index (κ3) is 1.73. The standard InChI is InChI=1S/C12H14N2OS/c15-11(9-5-3-7-13-9)12-14-8-4-1-2-6-10(8)16-12/h1-2,4,6,9,11,13,15H,3,5,7H2/t9-,11?/m1/s1. The summed E-state index contributed by atoms with van der Waals surface area (Å²) in [6.07, 6.45) is 1.73. The quantitative estimate of drug-likeness (QED) is 0.836. The van der Waals surface area contributed by atoms with Crippen LogP contribution in [0.4, 0.5) is 0 Å². The van der Waals surface area contributed by atoms with E-state index in [4.69, 9.17) is 0 Å². The van der Waals surface area contributed by atoms with Crippen molar-refractivity contribution in [2.75, 3.05) is 6.54 Å². The second-order valence-corrected chi connectivity index (χ2v) is 5.23. The van der Waals surface area contributed by atoms with Crippen LogP contribution in [-0.4, -0.2) is 22.7 Å². The molecule has 1 saturated heterocycles. The van der Waals surface area contributed by atoms with Gasteiger partial charge in [0.15, 0.2) is 0 Å². The molecule has 1 aliphatic rings. The SMILES string of the molecule is OC(c1nc2ccccc2s1)[C@H]1CCCN1. The summed E-state index contributed by atoms with van der Waals surface area (Å²) in [5.41, 5.74) is 0.986. The van der Waals surface area contributed by atoms with Crippen LogP contribution in [0, 0.1) is 0 Å². The number of rotatable bonds is 2. The highest BCUT2D eigenvalue weighted by molar-refractivity contribution is 7.18. The molecule has 3 rings (SSSR count). The molecule has 0 radical (unpaired) electrons. The van der Waals surface area contributed by atoms with Crippen LogP contribution in [0.5, 0.6) is 0 Å². The van der Waals surface area contributed by atoms with Gasteiger partial charge in [-0.2, -0.15) is 0 Å². The summed E-state index contributed by atoms with van der Waals surface area (Å²) in [5, 5.41) is 14.4. The smallest absolute Gasteiger partial charge is 0.124 e. The van der Waals surface area contributed by atoms with Crippen molar-refractivity contribution in [2.24, 2.45) is 0 Å². The van der Waals surface area contributed by atoms with Crippen molar-refractivity contribution in [1.82, 2.24) is 10.3 Å². The highest BCUT2D eigenvalue weighted by atomic mass is 32.1. The molecule has 1 aromatic carbocycles. The van der Waals surface area contributed by atoms with Crippen LogP contribution < -0.4 is 5.32 Å². The van der Waals surface area contributed by atoms with Gasteiger partial charge in [0, 0.05) is 6.04 Å². The number of fused-ring (bicyclic) bond motifs is 1. The molecule has 0 bridgehead atoms. The molecule has 1 aromatic heterocycles. The van der Waals surface area contributed by atoms with Crippen LogP contribution in [0.1, 0.15) is 24.0 Å². The molecule has 1 unspecified atom stereocenters. The highest BCUT2D eigenvalue weighted by Gasteiger charge is 2.26. The number of aliphatic hydroxyl groups is 1. The lowest BCUT2D eigenvalue weighted by atomic mass is 10.1.